The first-order valence-electron chi connectivity index (χ1n) is 13.5. The number of urea groups is 1. The van der Waals surface area contributed by atoms with E-state index in [-0.39, 0.29) is 24.5 Å². The van der Waals surface area contributed by atoms with Gasteiger partial charge in [-0.3, -0.25) is 19.6 Å². The summed E-state index contributed by atoms with van der Waals surface area (Å²) in [4.78, 5) is 34.8. The average Bonchev–Trinajstić information content (AvgIpc) is 3.41. The minimum absolute atomic E-state index is 0.221. The van der Waals surface area contributed by atoms with E-state index >= 15 is 0 Å². The van der Waals surface area contributed by atoms with Crippen LogP contribution in [0.5, 0.6) is 0 Å². The highest BCUT2D eigenvalue weighted by Gasteiger charge is 2.41. The molecular weight excluding hydrogens is 595 g/mol. The number of carbonyl (C=O) groups is 2. The van der Waals surface area contributed by atoms with Crippen LogP contribution in [0.15, 0.2) is 79.0 Å². The number of esters is 1. The van der Waals surface area contributed by atoms with Gasteiger partial charge in [0.05, 0.1) is 40.1 Å². The van der Waals surface area contributed by atoms with Crippen molar-refractivity contribution in [3.8, 4) is 11.1 Å². The van der Waals surface area contributed by atoms with Gasteiger partial charge < -0.3 is 10.1 Å². The number of nitrogens with one attached hydrogen (secondary N) is 1. The highest BCUT2D eigenvalue weighted by atomic mass is 35.5. The number of benzene rings is 3. The van der Waals surface area contributed by atoms with E-state index in [2.05, 4.69) is 21.3 Å². The number of aromatic nitrogens is 1. The largest absolute Gasteiger partial charge is 0.469 e. The molecule has 6 rings (SSSR count). The van der Waals surface area contributed by atoms with E-state index in [1.807, 2.05) is 48.5 Å². The van der Waals surface area contributed by atoms with E-state index in [0.717, 1.165) is 27.9 Å². The summed E-state index contributed by atoms with van der Waals surface area (Å²) in [5.74, 6) is -0.934. The highest BCUT2D eigenvalue weighted by Crippen LogP contribution is 2.47. The Morgan fingerprint density at radius 1 is 0.952 bits per heavy atom. The van der Waals surface area contributed by atoms with Crippen molar-refractivity contribution >= 4 is 58.2 Å². The fourth-order valence-corrected chi connectivity index (χ4v) is 6.74. The molecule has 1 aromatic heterocycles. The molecular formula is C32H27Cl3N4O3. The third kappa shape index (κ3) is 5.34. The lowest BCUT2D eigenvalue weighted by atomic mass is 9.84. The number of amides is 2. The van der Waals surface area contributed by atoms with Crippen LogP contribution in [0.3, 0.4) is 0 Å². The zero-order valence-electron chi connectivity index (χ0n) is 22.7. The molecule has 1 fully saturated rings. The van der Waals surface area contributed by atoms with E-state index in [1.54, 1.807) is 24.4 Å². The molecule has 1 saturated heterocycles. The van der Waals surface area contributed by atoms with E-state index in [0.29, 0.717) is 46.1 Å². The van der Waals surface area contributed by atoms with E-state index in [9.17, 15) is 9.59 Å². The summed E-state index contributed by atoms with van der Waals surface area (Å²) in [6.45, 7) is 1.98. The molecule has 42 heavy (non-hydrogen) atoms. The topological polar surface area (TPSA) is 74.8 Å². The predicted octanol–water partition coefficient (Wildman–Crippen LogP) is 7.46. The molecule has 10 heteroatoms. The van der Waals surface area contributed by atoms with Crippen LogP contribution in [0.1, 0.15) is 22.7 Å². The summed E-state index contributed by atoms with van der Waals surface area (Å²) >= 11 is 20.0. The van der Waals surface area contributed by atoms with Gasteiger partial charge in [-0.15, -0.1) is 0 Å². The van der Waals surface area contributed by atoms with Crippen LogP contribution in [-0.2, 0) is 22.6 Å². The van der Waals surface area contributed by atoms with Crippen molar-refractivity contribution in [2.75, 3.05) is 25.1 Å². The maximum Gasteiger partial charge on any atom is 0.326 e. The Morgan fingerprint density at radius 2 is 1.69 bits per heavy atom. The van der Waals surface area contributed by atoms with Gasteiger partial charge >= 0.3 is 12.0 Å². The lowest BCUT2D eigenvalue weighted by molar-refractivity contribution is -0.145. The molecule has 2 amide bonds. The molecule has 2 aliphatic heterocycles. The molecule has 7 nitrogen and oxygen atoms in total. The minimum Gasteiger partial charge on any atom is -0.469 e. The minimum atomic E-state index is -0.425. The van der Waals surface area contributed by atoms with Crippen LogP contribution in [0, 0.1) is 5.92 Å². The van der Waals surface area contributed by atoms with E-state index in [1.165, 1.54) is 12.0 Å². The molecule has 2 aliphatic rings. The van der Waals surface area contributed by atoms with Crippen molar-refractivity contribution in [3.05, 3.63) is 111 Å². The van der Waals surface area contributed by atoms with Gasteiger partial charge in [-0.1, -0.05) is 71.2 Å². The maximum atomic E-state index is 13.5. The summed E-state index contributed by atoms with van der Waals surface area (Å²) < 4.78 is 5.26. The molecule has 0 saturated carbocycles. The van der Waals surface area contributed by atoms with Gasteiger partial charge in [-0.05, 0) is 47.5 Å². The number of hydrogen-bond donors (Lipinski definition) is 1. The van der Waals surface area contributed by atoms with Crippen LogP contribution in [0.2, 0.25) is 15.1 Å². The predicted molar refractivity (Wildman–Crippen MR) is 165 cm³/mol. The first-order valence-corrected chi connectivity index (χ1v) is 14.6. The molecule has 4 aromatic rings. The molecule has 1 N–H and O–H groups in total. The second kappa shape index (κ2) is 11.9. The van der Waals surface area contributed by atoms with Gasteiger partial charge in [-0.2, -0.15) is 0 Å². The van der Waals surface area contributed by atoms with Gasteiger partial charge in [0.2, 0.25) is 0 Å². The van der Waals surface area contributed by atoms with Crippen molar-refractivity contribution in [1.82, 2.24) is 15.2 Å². The zero-order chi connectivity index (χ0) is 29.4. The fraction of sp³-hybridized carbons (Fsp3) is 0.219. The Hall–Kier alpha value is -3.62. The molecule has 0 bridgehead atoms. The molecule has 0 aliphatic carbocycles. The summed E-state index contributed by atoms with van der Waals surface area (Å²) in [6, 6.07) is 22.2. The molecule has 0 radical (unpaired) electrons. The van der Waals surface area contributed by atoms with Crippen molar-refractivity contribution in [2.24, 2.45) is 5.92 Å². The molecule has 214 valence electrons. The number of anilines is 2. The lowest BCUT2D eigenvalue weighted by Gasteiger charge is -2.34. The lowest BCUT2D eigenvalue weighted by Crippen LogP contribution is -2.42. The number of ether oxygens (including phenoxy) is 1. The molecule has 3 aromatic carbocycles. The number of halogens is 3. The quantitative estimate of drug-likeness (QED) is 0.226. The molecule has 3 heterocycles. The Labute approximate surface area is 259 Å². The number of nitrogens with zero attached hydrogens (tertiary/aromatic N) is 3. The Morgan fingerprint density at radius 3 is 2.40 bits per heavy atom. The second-order valence-electron chi connectivity index (χ2n) is 10.4. The second-order valence-corrected chi connectivity index (χ2v) is 11.6. The van der Waals surface area contributed by atoms with Crippen molar-refractivity contribution in [3.63, 3.8) is 0 Å². The first-order chi connectivity index (χ1) is 20.4. The third-order valence-corrected chi connectivity index (χ3v) is 8.81. The number of carbonyl (C=O) groups excluding carboxylic acids is 2. The normalized spacial score (nSPS) is 18.5. The number of rotatable bonds is 6. The van der Waals surface area contributed by atoms with Crippen LogP contribution in [0.4, 0.5) is 16.2 Å². The van der Waals surface area contributed by atoms with Crippen LogP contribution in [-0.4, -0.2) is 42.1 Å². The Bertz CT molecular complexity index is 1650. The van der Waals surface area contributed by atoms with E-state index < -0.39 is 5.92 Å². The van der Waals surface area contributed by atoms with Crippen molar-refractivity contribution in [2.45, 2.75) is 19.0 Å². The number of hydrogen-bond acceptors (Lipinski definition) is 5. The number of pyridine rings is 1. The number of likely N-dealkylation sites (tertiary alicyclic amines) is 1. The van der Waals surface area contributed by atoms with Crippen molar-refractivity contribution in [1.29, 1.82) is 0 Å². The summed E-state index contributed by atoms with van der Waals surface area (Å²) in [6.07, 6.45) is 1.76. The number of fused-ring (bicyclic) bond motifs is 1. The zero-order valence-corrected chi connectivity index (χ0v) is 25.0. The van der Waals surface area contributed by atoms with Gasteiger partial charge in [-0.25, -0.2) is 4.79 Å². The third-order valence-electron chi connectivity index (χ3n) is 7.87. The number of para-hydroxylation sites is 1. The van der Waals surface area contributed by atoms with Gasteiger partial charge in [0, 0.05) is 54.4 Å². The summed E-state index contributed by atoms with van der Waals surface area (Å²) in [5.41, 5.74) is 5.35. The van der Waals surface area contributed by atoms with Gasteiger partial charge in [0.25, 0.3) is 0 Å². The average molecular weight is 622 g/mol. The van der Waals surface area contributed by atoms with Crippen molar-refractivity contribution < 1.29 is 14.3 Å². The highest BCUT2D eigenvalue weighted by molar-refractivity contribution is 6.40. The van der Waals surface area contributed by atoms with Gasteiger partial charge in [0.1, 0.15) is 0 Å². The Kier molecular flexibility index (Phi) is 8.10. The first kappa shape index (κ1) is 28.5. The summed E-state index contributed by atoms with van der Waals surface area (Å²) in [5, 5.41) is 4.22. The smallest absolute Gasteiger partial charge is 0.326 e. The molecule has 1 unspecified atom stereocenters. The number of methoxy groups -OCH3 is 1. The van der Waals surface area contributed by atoms with Crippen LogP contribution >= 0.6 is 34.8 Å². The van der Waals surface area contributed by atoms with E-state index in [4.69, 9.17) is 39.5 Å². The van der Waals surface area contributed by atoms with Crippen LogP contribution in [0.25, 0.3) is 11.1 Å². The standard InChI is InChI=1S/C32H27Cl3N4O3/c1-42-31(40)25-18-38(16-20-7-4-5-12-36-20)17-24(25)19-13-22(21-8-2-3-9-26(21)33)23-15-37-32(41)39(29(23)14-19)30-27(34)10-6-11-28(30)35/h2-14,24-25H,15-18H2,1H3,(H,37,41)/t24?,25-/m0/s1. The molecule has 0 spiro atoms. The fourth-order valence-electron chi connectivity index (χ4n) is 5.94. The molecule has 2 atom stereocenters. The summed E-state index contributed by atoms with van der Waals surface area (Å²) in [7, 11) is 1.41. The Balaban J connectivity index is 1.52. The SMILES string of the molecule is COC(=O)[C@H]1CN(Cc2ccccn2)CC1c1cc(-c2ccccc2Cl)c2c(c1)N(c1c(Cl)cccc1Cl)C(=O)NC2. The monoisotopic (exact) mass is 620 g/mol. The van der Waals surface area contributed by atoms with Crippen LogP contribution < -0.4 is 10.2 Å². The van der Waals surface area contributed by atoms with Gasteiger partial charge in [0.15, 0.2) is 0 Å². The maximum absolute atomic E-state index is 13.5.